The van der Waals surface area contributed by atoms with Gasteiger partial charge in [0.2, 0.25) is 0 Å². The molecule has 0 spiro atoms. The lowest BCUT2D eigenvalue weighted by Crippen LogP contribution is -2.11. The molecule has 0 unspecified atom stereocenters. The predicted octanol–water partition coefficient (Wildman–Crippen LogP) is 5.16. The molecule has 0 radical (unpaired) electrons. The molecule has 2 aliphatic heterocycles. The number of hydrogen-bond acceptors (Lipinski definition) is 4. The molecule has 0 saturated carbocycles. The van der Waals surface area contributed by atoms with Gasteiger partial charge in [-0.25, -0.2) is 0 Å². The molecule has 2 aliphatic rings. The number of hydrogen-bond donors (Lipinski definition) is 0. The topological polar surface area (TPSA) is 0 Å². The fraction of sp³-hybridized carbons (Fsp3) is 0.625. The summed E-state index contributed by atoms with van der Waals surface area (Å²) in [6, 6.07) is 9.46. The van der Waals surface area contributed by atoms with E-state index >= 15 is 0 Å². The molecule has 2 fully saturated rings. The van der Waals surface area contributed by atoms with Crippen LogP contribution in [0.3, 0.4) is 0 Å². The molecule has 0 aromatic heterocycles. The fourth-order valence-corrected chi connectivity index (χ4v) is 8.33. The lowest BCUT2D eigenvalue weighted by molar-refractivity contribution is 1.03. The molecule has 0 amide bonds. The van der Waals surface area contributed by atoms with Crippen LogP contribution in [0.15, 0.2) is 24.3 Å². The van der Waals surface area contributed by atoms with Crippen molar-refractivity contribution in [2.45, 2.75) is 34.8 Å². The van der Waals surface area contributed by atoms with Crippen LogP contribution in [0.25, 0.3) is 0 Å². The molecule has 0 atom stereocenters. The van der Waals surface area contributed by atoms with E-state index in [1.54, 1.807) is 0 Å². The summed E-state index contributed by atoms with van der Waals surface area (Å²) in [7, 11) is 0. The zero-order chi connectivity index (χ0) is 13.6. The Labute approximate surface area is 140 Å². The van der Waals surface area contributed by atoms with Crippen LogP contribution in [0.2, 0.25) is 0 Å². The molecule has 0 aliphatic carbocycles. The summed E-state index contributed by atoms with van der Waals surface area (Å²) in [6.45, 7) is 0. The van der Waals surface area contributed by atoms with Crippen LogP contribution in [-0.4, -0.2) is 32.2 Å². The van der Waals surface area contributed by atoms with E-state index in [0.717, 1.165) is 9.16 Å². The Kier molecular flexibility index (Phi) is 6.44. The van der Waals surface area contributed by atoms with Gasteiger partial charge in [0.15, 0.2) is 0 Å². The van der Waals surface area contributed by atoms with Crippen molar-refractivity contribution >= 4 is 47.0 Å². The molecule has 3 rings (SSSR count). The van der Waals surface area contributed by atoms with Gasteiger partial charge in [0.05, 0.1) is 9.16 Å². The third-order valence-electron chi connectivity index (χ3n) is 3.62. The summed E-state index contributed by atoms with van der Waals surface area (Å²) in [4.78, 5) is 0. The average molecular weight is 343 g/mol. The van der Waals surface area contributed by atoms with Gasteiger partial charge in [0.25, 0.3) is 0 Å². The van der Waals surface area contributed by atoms with Crippen LogP contribution in [0, 0.1) is 0 Å². The summed E-state index contributed by atoms with van der Waals surface area (Å²) in [5.74, 6) is 5.41. The molecule has 4 heteroatoms. The highest BCUT2D eigenvalue weighted by molar-refractivity contribution is 8.17. The lowest BCUT2D eigenvalue weighted by Gasteiger charge is -2.22. The van der Waals surface area contributed by atoms with E-state index in [-0.39, 0.29) is 0 Å². The van der Waals surface area contributed by atoms with E-state index in [0.29, 0.717) is 0 Å². The minimum absolute atomic E-state index is 0.791. The maximum atomic E-state index is 2.36. The van der Waals surface area contributed by atoms with Crippen molar-refractivity contribution in [3.63, 3.8) is 0 Å². The zero-order valence-corrected chi connectivity index (χ0v) is 15.0. The van der Waals surface area contributed by atoms with E-state index in [1.807, 2.05) is 0 Å². The Balaban J connectivity index is 1.51. The van der Waals surface area contributed by atoms with Gasteiger partial charge in [-0.05, 0) is 59.8 Å². The number of benzene rings is 1. The first-order valence-corrected chi connectivity index (χ1v) is 11.6. The van der Waals surface area contributed by atoms with Crippen LogP contribution in [-0.2, 0) is 12.8 Å². The largest absolute Gasteiger partial charge is 0.147 e. The summed E-state index contributed by atoms with van der Waals surface area (Å²) in [5.41, 5.74) is 3.04. The Morgan fingerprint density at radius 2 is 1.00 bits per heavy atom. The normalized spacial score (nSPS) is 22.0. The molecule has 0 N–H and O–H groups in total. The van der Waals surface area contributed by atoms with Gasteiger partial charge < -0.3 is 0 Å². The third-order valence-corrected chi connectivity index (χ3v) is 9.50. The third kappa shape index (κ3) is 4.82. The van der Waals surface area contributed by atoms with Gasteiger partial charge >= 0.3 is 0 Å². The van der Waals surface area contributed by atoms with Gasteiger partial charge in [-0.2, -0.15) is 0 Å². The van der Waals surface area contributed by atoms with Crippen molar-refractivity contribution in [1.82, 2.24) is 0 Å². The fourth-order valence-electron chi connectivity index (χ4n) is 2.51. The summed E-state index contributed by atoms with van der Waals surface area (Å²) < 4.78 is 1.58. The highest BCUT2D eigenvalue weighted by atomic mass is 32.2. The highest BCUT2D eigenvalue weighted by Gasteiger charge is 2.16. The predicted molar refractivity (Wildman–Crippen MR) is 100 cm³/mol. The maximum Gasteiger partial charge on any atom is 0.0542 e. The molecule has 110 valence electrons. The molecule has 1 aromatic carbocycles. The number of rotatable bonds is 4. The van der Waals surface area contributed by atoms with E-state index in [4.69, 9.17) is 0 Å². The first kappa shape index (κ1) is 15.5. The molecule has 20 heavy (non-hydrogen) atoms. The quantitative estimate of drug-likeness (QED) is 0.740. The minimum atomic E-state index is 0.791. The van der Waals surface area contributed by atoms with Crippen molar-refractivity contribution in [3.05, 3.63) is 35.4 Å². The van der Waals surface area contributed by atoms with E-state index in [9.17, 15) is 0 Å². The second kappa shape index (κ2) is 8.30. The molecule has 1 aromatic rings. The van der Waals surface area contributed by atoms with Crippen LogP contribution >= 0.6 is 47.0 Å². The molecule has 2 heterocycles. The van der Waals surface area contributed by atoms with E-state index in [1.165, 1.54) is 59.8 Å². The van der Waals surface area contributed by atoms with Crippen molar-refractivity contribution < 1.29 is 0 Å². The monoisotopic (exact) mass is 342 g/mol. The van der Waals surface area contributed by atoms with Gasteiger partial charge in [0, 0.05) is 0 Å². The maximum absolute atomic E-state index is 2.36. The van der Waals surface area contributed by atoms with E-state index in [2.05, 4.69) is 71.3 Å². The zero-order valence-electron chi connectivity index (χ0n) is 11.8. The van der Waals surface area contributed by atoms with Crippen LogP contribution < -0.4 is 0 Å². The van der Waals surface area contributed by atoms with Crippen molar-refractivity contribution in [2.24, 2.45) is 0 Å². The SMILES string of the molecule is c1cc(CC2SCCCS2)ccc1CC1SCCCS1. The summed E-state index contributed by atoms with van der Waals surface area (Å²) in [6.07, 6.45) is 5.26. The van der Waals surface area contributed by atoms with Gasteiger partial charge in [-0.15, -0.1) is 47.0 Å². The lowest BCUT2D eigenvalue weighted by atomic mass is 10.1. The van der Waals surface area contributed by atoms with Crippen molar-refractivity contribution in [2.75, 3.05) is 23.0 Å². The molecule has 0 nitrogen and oxygen atoms in total. The van der Waals surface area contributed by atoms with Crippen LogP contribution in [0.1, 0.15) is 24.0 Å². The van der Waals surface area contributed by atoms with Gasteiger partial charge in [-0.3, -0.25) is 0 Å². The standard InChI is InChI=1S/C16H22S4/c1-7-17-15(18-8-1)11-13-3-5-14(6-4-13)12-16-19-9-2-10-20-16/h3-6,15-16H,1-2,7-12H2. The minimum Gasteiger partial charge on any atom is -0.147 e. The number of thioether (sulfide) groups is 4. The first-order chi connectivity index (χ1) is 9.90. The molecule has 0 bridgehead atoms. The highest BCUT2D eigenvalue weighted by Crippen LogP contribution is 2.34. The molecular weight excluding hydrogens is 320 g/mol. The van der Waals surface area contributed by atoms with Crippen molar-refractivity contribution in [1.29, 1.82) is 0 Å². The second-order valence-electron chi connectivity index (χ2n) is 5.27. The van der Waals surface area contributed by atoms with Gasteiger partial charge in [0.1, 0.15) is 0 Å². The van der Waals surface area contributed by atoms with Crippen molar-refractivity contribution in [3.8, 4) is 0 Å². The molecular formula is C16H22S4. The second-order valence-corrected chi connectivity index (χ2v) is 11.1. The molecule has 2 saturated heterocycles. The van der Waals surface area contributed by atoms with Gasteiger partial charge in [-0.1, -0.05) is 24.3 Å². The first-order valence-electron chi connectivity index (χ1n) is 7.44. The smallest absolute Gasteiger partial charge is 0.0542 e. The Morgan fingerprint density at radius 3 is 1.35 bits per heavy atom. The average Bonchev–Trinajstić information content (AvgIpc) is 2.51. The summed E-state index contributed by atoms with van der Waals surface area (Å²) >= 11 is 8.59. The van der Waals surface area contributed by atoms with E-state index < -0.39 is 0 Å². The van der Waals surface area contributed by atoms with Crippen LogP contribution in [0.5, 0.6) is 0 Å². The Morgan fingerprint density at radius 1 is 0.650 bits per heavy atom. The Hall–Kier alpha value is 0.620. The van der Waals surface area contributed by atoms with Crippen LogP contribution in [0.4, 0.5) is 0 Å². The summed E-state index contributed by atoms with van der Waals surface area (Å²) in [5, 5.41) is 0. The Bertz CT molecular complexity index is 352.